The van der Waals surface area contributed by atoms with Crippen LogP contribution in [0.3, 0.4) is 0 Å². The number of nitrogens with zero attached hydrogens (tertiary/aromatic N) is 1. The van der Waals surface area contributed by atoms with Crippen LogP contribution in [0.15, 0.2) is 12.2 Å². The Kier molecular flexibility index (Phi) is 6.77. The highest BCUT2D eigenvalue weighted by Gasteiger charge is 2.35. The van der Waals surface area contributed by atoms with Crippen molar-refractivity contribution in [2.45, 2.75) is 25.4 Å². The van der Waals surface area contributed by atoms with Crippen LogP contribution in [0.25, 0.3) is 0 Å². The van der Waals surface area contributed by atoms with Crippen LogP contribution < -0.4 is 10.6 Å². The quantitative estimate of drug-likeness (QED) is 0.288. The molecule has 0 aromatic carbocycles. The van der Waals surface area contributed by atoms with Gasteiger partial charge in [-0.2, -0.15) is 0 Å². The van der Waals surface area contributed by atoms with Gasteiger partial charge < -0.3 is 15.2 Å². The zero-order valence-electron chi connectivity index (χ0n) is 14.3. The highest BCUT2D eigenvalue weighted by molar-refractivity contribution is 6.13. The first kappa shape index (κ1) is 20.2. The van der Waals surface area contributed by atoms with E-state index >= 15 is 0 Å². The number of hydrogen-bond acceptors (Lipinski definition) is 7. The van der Waals surface area contributed by atoms with Gasteiger partial charge in [-0.15, -0.1) is 0 Å². The molecule has 0 aromatic rings. The van der Waals surface area contributed by atoms with Gasteiger partial charge >= 0.3 is 5.97 Å². The molecule has 2 aliphatic heterocycles. The minimum Gasteiger partial charge on any atom is -0.479 e. The predicted molar refractivity (Wildman–Crippen MR) is 86.7 cm³/mol. The van der Waals surface area contributed by atoms with E-state index < -0.39 is 47.5 Å². The first-order chi connectivity index (χ1) is 12.8. The van der Waals surface area contributed by atoms with E-state index in [4.69, 9.17) is 9.84 Å². The molecule has 0 aromatic heterocycles. The lowest BCUT2D eigenvalue weighted by Crippen LogP contribution is -2.36. The van der Waals surface area contributed by atoms with Gasteiger partial charge in [-0.1, -0.05) is 0 Å². The second-order valence-corrected chi connectivity index (χ2v) is 6.01. The lowest BCUT2D eigenvalue weighted by molar-refractivity contribution is -0.151. The molecule has 3 N–H and O–H groups in total. The SMILES string of the molecule is O=C(CCN1C(=O)C=CC1=O)NCCOC(CC1CC(=O)NC1=O)C(=O)O. The van der Waals surface area contributed by atoms with Crippen LogP contribution in [0.1, 0.15) is 19.3 Å². The van der Waals surface area contributed by atoms with Crippen molar-refractivity contribution < 1.29 is 38.6 Å². The molecule has 5 amide bonds. The second kappa shape index (κ2) is 9.03. The molecule has 2 atom stereocenters. The summed E-state index contributed by atoms with van der Waals surface area (Å²) in [6.07, 6.45) is 0.649. The Morgan fingerprint density at radius 2 is 1.93 bits per heavy atom. The summed E-state index contributed by atoms with van der Waals surface area (Å²) >= 11 is 0. The highest BCUT2D eigenvalue weighted by Crippen LogP contribution is 2.18. The maximum absolute atomic E-state index is 11.7. The smallest absolute Gasteiger partial charge is 0.332 e. The number of hydrogen-bond donors (Lipinski definition) is 3. The van der Waals surface area contributed by atoms with Crippen molar-refractivity contribution >= 4 is 35.5 Å². The van der Waals surface area contributed by atoms with E-state index in [9.17, 15) is 28.8 Å². The van der Waals surface area contributed by atoms with Gasteiger partial charge in [0.05, 0.1) is 12.5 Å². The third-order valence-electron chi connectivity index (χ3n) is 4.05. The summed E-state index contributed by atoms with van der Waals surface area (Å²) < 4.78 is 5.18. The summed E-state index contributed by atoms with van der Waals surface area (Å²) in [6, 6.07) is 0. The molecule has 2 rings (SSSR count). The molecule has 11 heteroatoms. The first-order valence-electron chi connectivity index (χ1n) is 8.26. The Balaban J connectivity index is 1.66. The predicted octanol–water partition coefficient (Wildman–Crippen LogP) is -2.06. The van der Waals surface area contributed by atoms with Gasteiger partial charge in [-0.25, -0.2) is 4.79 Å². The molecule has 0 aliphatic carbocycles. The van der Waals surface area contributed by atoms with Crippen molar-refractivity contribution in [3.8, 4) is 0 Å². The lowest BCUT2D eigenvalue weighted by atomic mass is 10.00. The number of rotatable bonds is 10. The van der Waals surface area contributed by atoms with Gasteiger partial charge in [0.2, 0.25) is 17.7 Å². The summed E-state index contributed by atoms with van der Waals surface area (Å²) in [4.78, 5) is 69.2. The van der Waals surface area contributed by atoms with E-state index in [1.165, 1.54) is 0 Å². The fourth-order valence-electron chi connectivity index (χ4n) is 2.64. The summed E-state index contributed by atoms with van der Waals surface area (Å²) in [7, 11) is 0. The Labute approximate surface area is 153 Å². The summed E-state index contributed by atoms with van der Waals surface area (Å²) in [6.45, 7) is -0.160. The van der Waals surface area contributed by atoms with Crippen molar-refractivity contribution in [2.24, 2.45) is 5.92 Å². The van der Waals surface area contributed by atoms with E-state index in [-0.39, 0.29) is 39.0 Å². The van der Waals surface area contributed by atoms with Crippen molar-refractivity contribution in [1.82, 2.24) is 15.5 Å². The molecule has 0 bridgehead atoms. The van der Waals surface area contributed by atoms with E-state index in [2.05, 4.69) is 10.6 Å². The van der Waals surface area contributed by atoms with Crippen LogP contribution in [0.5, 0.6) is 0 Å². The average molecular weight is 381 g/mol. The summed E-state index contributed by atoms with van der Waals surface area (Å²) in [5, 5.41) is 13.7. The molecule has 2 heterocycles. The third kappa shape index (κ3) is 5.71. The van der Waals surface area contributed by atoms with Crippen LogP contribution in [0.4, 0.5) is 0 Å². The minimum atomic E-state index is -1.28. The van der Waals surface area contributed by atoms with Crippen LogP contribution in [0.2, 0.25) is 0 Å². The molecular formula is C16H19N3O8. The topological polar surface area (TPSA) is 159 Å². The van der Waals surface area contributed by atoms with Gasteiger partial charge in [0, 0.05) is 38.1 Å². The molecule has 146 valence electrons. The van der Waals surface area contributed by atoms with E-state index in [1.807, 2.05) is 0 Å². The van der Waals surface area contributed by atoms with Crippen LogP contribution in [0, 0.1) is 5.92 Å². The van der Waals surface area contributed by atoms with Crippen LogP contribution >= 0.6 is 0 Å². The minimum absolute atomic E-state index is 0.0125. The van der Waals surface area contributed by atoms with Gasteiger partial charge in [-0.05, 0) is 6.42 Å². The molecule has 0 spiro atoms. The fraction of sp³-hybridized carbons (Fsp3) is 0.500. The fourth-order valence-corrected chi connectivity index (χ4v) is 2.64. The van der Waals surface area contributed by atoms with Crippen molar-refractivity contribution in [3.63, 3.8) is 0 Å². The van der Waals surface area contributed by atoms with Gasteiger partial charge in [0.25, 0.3) is 11.8 Å². The molecule has 1 saturated heterocycles. The summed E-state index contributed by atoms with van der Waals surface area (Å²) in [5.41, 5.74) is 0. The number of carboxylic acids is 1. The maximum atomic E-state index is 11.7. The molecule has 0 radical (unpaired) electrons. The molecule has 2 aliphatic rings. The van der Waals surface area contributed by atoms with Crippen LogP contribution in [-0.4, -0.2) is 71.3 Å². The largest absolute Gasteiger partial charge is 0.479 e. The molecule has 27 heavy (non-hydrogen) atoms. The summed E-state index contributed by atoms with van der Waals surface area (Å²) in [5.74, 6) is -4.39. The van der Waals surface area contributed by atoms with Crippen LogP contribution in [-0.2, 0) is 33.5 Å². The Hall–Kier alpha value is -3.08. The number of imide groups is 2. The number of ether oxygens (including phenoxy) is 1. The van der Waals surface area contributed by atoms with Gasteiger partial charge in [-0.3, -0.25) is 34.2 Å². The van der Waals surface area contributed by atoms with Crippen molar-refractivity contribution in [2.75, 3.05) is 19.7 Å². The number of carbonyl (C=O) groups excluding carboxylic acids is 5. The van der Waals surface area contributed by atoms with E-state index in [0.29, 0.717) is 0 Å². The molecule has 1 fully saturated rings. The zero-order valence-corrected chi connectivity index (χ0v) is 14.3. The molecule has 2 unspecified atom stereocenters. The van der Waals surface area contributed by atoms with E-state index in [1.54, 1.807) is 0 Å². The number of aliphatic carboxylic acids is 1. The highest BCUT2D eigenvalue weighted by atomic mass is 16.5. The zero-order chi connectivity index (χ0) is 20.0. The maximum Gasteiger partial charge on any atom is 0.332 e. The second-order valence-electron chi connectivity index (χ2n) is 6.01. The number of amides is 5. The number of nitrogens with one attached hydrogen (secondary N) is 2. The third-order valence-corrected chi connectivity index (χ3v) is 4.05. The van der Waals surface area contributed by atoms with Gasteiger partial charge in [0.1, 0.15) is 0 Å². The molecular weight excluding hydrogens is 362 g/mol. The normalized spacial score (nSPS) is 20.1. The van der Waals surface area contributed by atoms with Crippen molar-refractivity contribution in [1.29, 1.82) is 0 Å². The monoisotopic (exact) mass is 381 g/mol. The molecule has 0 saturated carbocycles. The van der Waals surface area contributed by atoms with Crippen molar-refractivity contribution in [3.05, 3.63) is 12.2 Å². The lowest BCUT2D eigenvalue weighted by Gasteiger charge is -2.16. The van der Waals surface area contributed by atoms with E-state index in [0.717, 1.165) is 17.1 Å². The average Bonchev–Trinajstić information content (AvgIpc) is 3.09. The molecule has 11 nitrogen and oxygen atoms in total. The standard InChI is InChI=1S/C16H19N3O8/c20-11(3-5-19-13(22)1-2-14(19)23)17-4-6-27-10(16(25)26)7-9-8-12(21)18-15(9)24/h1-2,9-10H,3-8H2,(H,17,20)(H,25,26)(H,18,21,24). The first-order valence-corrected chi connectivity index (χ1v) is 8.26. The number of carbonyl (C=O) groups is 6. The number of carboxylic acid groups (broad SMARTS) is 1. The van der Waals surface area contributed by atoms with Gasteiger partial charge in [0.15, 0.2) is 6.10 Å². The Bertz CT molecular complexity index is 684. The Morgan fingerprint density at radius 3 is 2.48 bits per heavy atom. The Morgan fingerprint density at radius 1 is 1.26 bits per heavy atom.